The summed E-state index contributed by atoms with van der Waals surface area (Å²) in [7, 11) is 1.79. The summed E-state index contributed by atoms with van der Waals surface area (Å²) in [6.07, 6.45) is 3.52. The van der Waals surface area contributed by atoms with Gasteiger partial charge in [0, 0.05) is 38.3 Å². The molecule has 0 unspecified atom stereocenters. The van der Waals surface area contributed by atoms with E-state index in [1.165, 1.54) is 6.07 Å². The molecule has 1 aliphatic rings. The van der Waals surface area contributed by atoms with Crippen LogP contribution in [0.5, 0.6) is 0 Å². The van der Waals surface area contributed by atoms with Crippen molar-refractivity contribution in [3.63, 3.8) is 0 Å². The highest BCUT2D eigenvalue weighted by Gasteiger charge is 2.28. The second kappa shape index (κ2) is 8.37. The Kier molecular flexibility index (Phi) is 5.95. The Hall–Kier alpha value is -2.32. The van der Waals surface area contributed by atoms with Crippen LogP contribution in [0.2, 0.25) is 0 Å². The molecule has 2 heterocycles. The van der Waals surface area contributed by atoms with E-state index in [2.05, 4.69) is 15.2 Å². The molecular weight excluding hydrogens is 335 g/mol. The quantitative estimate of drug-likeness (QED) is 0.835. The fourth-order valence-electron chi connectivity index (χ4n) is 3.34. The minimum atomic E-state index is -0.185. The van der Waals surface area contributed by atoms with Crippen molar-refractivity contribution in [3.05, 3.63) is 47.5 Å². The zero-order valence-electron chi connectivity index (χ0n) is 15.0. The first-order chi connectivity index (χ1) is 12.6. The van der Waals surface area contributed by atoms with Gasteiger partial charge in [0.1, 0.15) is 5.82 Å². The van der Waals surface area contributed by atoms with Crippen molar-refractivity contribution in [3.8, 4) is 0 Å². The number of hydrogen-bond acceptors (Lipinski definition) is 5. The molecule has 7 nitrogen and oxygen atoms in total. The third-order valence-corrected chi connectivity index (χ3v) is 4.82. The smallest absolute Gasteiger partial charge is 0.276 e. The number of hydrogen-bond donors (Lipinski definition) is 1. The largest absolute Gasteiger partial charge is 0.336 e. The molecule has 0 bridgehead atoms. The molecule has 0 aliphatic carbocycles. The Bertz CT molecular complexity index is 749. The van der Waals surface area contributed by atoms with E-state index in [1.54, 1.807) is 28.9 Å². The highest BCUT2D eigenvalue weighted by Crippen LogP contribution is 2.19. The molecule has 140 valence electrons. The molecule has 0 spiro atoms. The van der Waals surface area contributed by atoms with Gasteiger partial charge in [-0.3, -0.25) is 14.4 Å². The van der Waals surface area contributed by atoms with Crippen LogP contribution in [0.1, 0.15) is 28.9 Å². The minimum absolute atomic E-state index is 0.0719. The van der Waals surface area contributed by atoms with Crippen LogP contribution in [0, 0.1) is 5.82 Å². The highest BCUT2D eigenvalue weighted by atomic mass is 19.1. The zero-order valence-corrected chi connectivity index (χ0v) is 15.0. The highest BCUT2D eigenvalue weighted by molar-refractivity contribution is 5.92. The van der Waals surface area contributed by atoms with Crippen LogP contribution in [0.15, 0.2) is 30.5 Å². The first-order valence-corrected chi connectivity index (χ1v) is 8.91. The fraction of sp³-hybridized carbons (Fsp3) is 0.500. The summed E-state index contributed by atoms with van der Waals surface area (Å²) in [5, 5.41) is 7.87. The number of likely N-dealkylation sites (N-methyl/N-ethyl adjacent to an activating group) is 1. The average molecular weight is 360 g/mol. The van der Waals surface area contributed by atoms with Crippen LogP contribution in [-0.4, -0.2) is 63.4 Å². The lowest BCUT2D eigenvalue weighted by atomic mass is 10.0. The van der Waals surface area contributed by atoms with Crippen molar-refractivity contribution in [2.45, 2.75) is 32.0 Å². The minimum Gasteiger partial charge on any atom is -0.336 e. The predicted octanol–water partition coefficient (Wildman–Crippen LogP) is 1.11. The number of likely N-dealkylation sites (tertiary alicyclic amines) is 1. The van der Waals surface area contributed by atoms with Crippen molar-refractivity contribution in [2.24, 2.45) is 5.73 Å². The van der Waals surface area contributed by atoms with Gasteiger partial charge < -0.3 is 10.6 Å². The monoisotopic (exact) mass is 360 g/mol. The van der Waals surface area contributed by atoms with E-state index in [0.717, 1.165) is 19.4 Å². The van der Waals surface area contributed by atoms with Crippen molar-refractivity contribution >= 4 is 5.91 Å². The van der Waals surface area contributed by atoms with E-state index < -0.39 is 0 Å². The van der Waals surface area contributed by atoms with Gasteiger partial charge in [0.15, 0.2) is 5.69 Å². The molecule has 1 aliphatic heterocycles. The Morgan fingerprint density at radius 2 is 2.23 bits per heavy atom. The lowest BCUT2D eigenvalue weighted by Crippen LogP contribution is -2.48. The topological polar surface area (TPSA) is 80.3 Å². The maximum absolute atomic E-state index is 13.9. The van der Waals surface area contributed by atoms with Crippen molar-refractivity contribution in [1.29, 1.82) is 0 Å². The molecule has 8 heteroatoms. The Labute approximate surface area is 152 Å². The third-order valence-electron chi connectivity index (χ3n) is 4.82. The molecule has 2 aromatic rings. The van der Waals surface area contributed by atoms with E-state index in [9.17, 15) is 9.18 Å². The Morgan fingerprint density at radius 1 is 1.42 bits per heavy atom. The molecule has 1 saturated heterocycles. The number of halogens is 1. The van der Waals surface area contributed by atoms with Gasteiger partial charge in [0.05, 0.1) is 12.7 Å². The molecule has 0 saturated carbocycles. The molecule has 1 atom stereocenters. The van der Waals surface area contributed by atoms with Gasteiger partial charge in [0.25, 0.3) is 5.91 Å². The van der Waals surface area contributed by atoms with Crippen LogP contribution in [0.4, 0.5) is 4.39 Å². The third kappa shape index (κ3) is 4.25. The number of carbonyl (C=O) groups excluding carboxylic acids is 1. The molecule has 1 amide bonds. The first kappa shape index (κ1) is 18.5. The maximum Gasteiger partial charge on any atom is 0.276 e. The van der Waals surface area contributed by atoms with E-state index >= 15 is 0 Å². The summed E-state index contributed by atoms with van der Waals surface area (Å²) in [5.41, 5.74) is 6.51. The second-order valence-electron chi connectivity index (χ2n) is 6.69. The maximum atomic E-state index is 13.9. The van der Waals surface area contributed by atoms with E-state index in [0.29, 0.717) is 37.4 Å². The van der Waals surface area contributed by atoms with Crippen LogP contribution >= 0.6 is 0 Å². The summed E-state index contributed by atoms with van der Waals surface area (Å²) in [5.74, 6) is -0.332. The van der Waals surface area contributed by atoms with Crippen LogP contribution in [0.25, 0.3) is 0 Å². The lowest BCUT2D eigenvalue weighted by molar-refractivity contribution is 0.0602. The number of carbonyl (C=O) groups is 1. The van der Waals surface area contributed by atoms with Crippen molar-refractivity contribution in [1.82, 2.24) is 24.8 Å². The van der Waals surface area contributed by atoms with Crippen LogP contribution in [0.3, 0.4) is 0 Å². The predicted molar refractivity (Wildman–Crippen MR) is 95.9 cm³/mol. The molecule has 1 fully saturated rings. The second-order valence-corrected chi connectivity index (χ2v) is 6.69. The Morgan fingerprint density at radius 3 is 3.00 bits per heavy atom. The normalized spacial score (nSPS) is 18.0. The number of nitrogens with zero attached hydrogens (tertiary/aromatic N) is 5. The molecular formula is C18H25FN6O. The van der Waals surface area contributed by atoms with Gasteiger partial charge >= 0.3 is 0 Å². The molecule has 1 aromatic carbocycles. The van der Waals surface area contributed by atoms with Crippen molar-refractivity contribution < 1.29 is 9.18 Å². The summed E-state index contributed by atoms with van der Waals surface area (Å²) in [4.78, 5) is 16.6. The first-order valence-electron chi connectivity index (χ1n) is 8.91. The van der Waals surface area contributed by atoms with Crippen LogP contribution < -0.4 is 5.73 Å². The number of nitrogens with two attached hydrogens (primary N) is 1. The van der Waals surface area contributed by atoms with Gasteiger partial charge in [-0.05, 0) is 25.5 Å². The molecule has 3 rings (SSSR count). The molecule has 0 radical (unpaired) electrons. The molecule has 1 aromatic heterocycles. The summed E-state index contributed by atoms with van der Waals surface area (Å²) in [6, 6.07) is 6.91. The van der Waals surface area contributed by atoms with Gasteiger partial charge in [-0.15, -0.1) is 5.10 Å². The zero-order chi connectivity index (χ0) is 18.5. The number of aromatic nitrogens is 3. The average Bonchev–Trinajstić information content (AvgIpc) is 3.12. The lowest BCUT2D eigenvalue weighted by Gasteiger charge is -2.37. The SMILES string of the molecule is CN(C(=O)c1cn(CCN)nn1)[C@@H]1CCCN(Cc2ccccc2F)C1. The fourth-order valence-corrected chi connectivity index (χ4v) is 3.34. The number of amides is 1. The van der Waals surface area contributed by atoms with E-state index in [4.69, 9.17) is 5.73 Å². The Balaban J connectivity index is 1.62. The molecule has 2 N–H and O–H groups in total. The van der Waals surface area contributed by atoms with E-state index in [1.807, 2.05) is 12.1 Å². The van der Waals surface area contributed by atoms with Gasteiger partial charge in [0.2, 0.25) is 0 Å². The standard InChI is InChI=1S/C18H25FN6O/c1-23(18(26)17-13-25(10-8-20)22-21-17)15-6-4-9-24(12-15)11-14-5-2-3-7-16(14)19/h2-3,5,7,13,15H,4,6,8-12,20H2,1H3/t15-/m1/s1. The number of rotatable bonds is 6. The summed E-state index contributed by atoms with van der Waals surface area (Å²) in [6.45, 7) is 3.15. The number of benzene rings is 1. The van der Waals surface area contributed by atoms with E-state index in [-0.39, 0.29) is 17.8 Å². The molecule has 26 heavy (non-hydrogen) atoms. The van der Waals surface area contributed by atoms with Gasteiger partial charge in [-0.2, -0.15) is 0 Å². The van der Waals surface area contributed by atoms with Crippen molar-refractivity contribution in [2.75, 3.05) is 26.7 Å². The van der Waals surface area contributed by atoms with Gasteiger partial charge in [-0.1, -0.05) is 23.4 Å². The summed E-state index contributed by atoms with van der Waals surface area (Å²) >= 11 is 0. The summed E-state index contributed by atoms with van der Waals surface area (Å²) < 4.78 is 15.5. The van der Waals surface area contributed by atoms with Gasteiger partial charge in [-0.25, -0.2) is 4.39 Å². The number of piperidine rings is 1. The van der Waals surface area contributed by atoms with Crippen LogP contribution in [-0.2, 0) is 13.1 Å².